The van der Waals surface area contributed by atoms with Gasteiger partial charge in [-0.05, 0) is 38.1 Å². The minimum Gasteiger partial charge on any atom is -0.295 e. The minimum atomic E-state index is -0.286. The van der Waals surface area contributed by atoms with Gasteiger partial charge in [-0.15, -0.1) is 0 Å². The highest BCUT2D eigenvalue weighted by Gasteiger charge is 2.17. The van der Waals surface area contributed by atoms with Gasteiger partial charge in [0.25, 0.3) is 5.56 Å². The summed E-state index contributed by atoms with van der Waals surface area (Å²) in [6.45, 7) is 3.74. The lowest BCUT2D eigenvalue weighted by Crippen LogP contribution is -2.20. The Balaban J connectivity index is 2.11. The van der Waals surface area contributed by atoms with Crippen molar-refractivity contribution in [1.29, 1.82) is 5.26 Å². The van der Waals surface area contributed by atoms with Crippen LogP contribution in [-0.2, 0) is 0 Å². The molecule has 24 heavy (non-hydrogen) atoms. The Labute approximate surface area is 139 Å². The molecule has 3 aromatic rings. The summed E-state index contributed by atoms with van der Waals surface area (Å²) in [7, 11) is 0. The molecule has 0 bridgehead atoms. The lowest BCUT2D eigenvalue weighted by molar-refractivity contribution is 0.835. The number of aromatic amines is 1. The summed E-state index contributed by atoms with van der Waals surface area (Å²) in [4.78, 5) is 17.1. The zero-order valence-electron chi connectivity index (χ0n) is 13.4. The maximum atomic E-state index is 12.7. The van der Waals surface area contributed by atoms with E-state index in [1.165, 1.54) is 4.68 Å². The third-order valence-corrected chi connectivity index (χ3v) is 3.70. The molecule has 0 saturated heterocycles. The predicted molar refractivity (Wildman–Crippen MR) is 94.1 cm³/mol. The highest BCUT2D eigenvalue weighted by Crippen LogP contribution is 2.15. The van der Waals surface area contributed by atoms with Crippen LogP contribution in [0.3, 0.4) is 0 Å². The number of aliphatic imine (C=N–C) groups is 1. The number of hydrogen-bond donors (Lipinski definition) is 1. The van der Waals surface area contributed by atoms with Crippen LogP contribution in [0.2, 0.25) is 0 Å². The molecule has 0 aliphatic heterocycles. The van der Waals surface area contributed by atoms with Crippen molar-refractivity contribution in [1.82, 2.24) is 9.78 Å². The maximum Gasteiger partial charge on any atom is 0.281 e. The Morgan fingerprint density at radius 2 is 1.75 bits per heavy atom. The van der Waals surface area contributed by atoms with Gasteiger partial charge < -0.3 is 0 Å². The Morgan fingerprint density at radius 3 is 2.38 bits per heavy atom. The summed E-state index contributed by atoms with van der Waals surface area (Å²) in [5.74, 6) is 0. The number of aromatic nitrogens is 2. The van der Waals surface area contributed by atoms with Crippen LogP contribution in [-0.4, -0.2) is 15.5 Å². The van der Waals surface area contributed by atoms with E-state index < -0.39 is 0 Å². The molecule has 0 aliphatic carbocycles. The van der Waals surface area contributed by atoms with E-state index in [4.69, 9.17) is 0 Å². The summed E-state index contributed by atoms with van der Waals surface area (Å²) in [5.41, 5.74) is 3.18. The van der Waals surface area contributed by atoms with Gasteiger partial charge in [-0.3, -0.25) is 9.89 Å². The van der Waals surface area contributed by atoms with E-state index in [2.05, 4.69) is 10.1 Å². The number of rotatable bonds is 3. The standard InChI is InChI=1S/C19H16N4O/c1-13-8-10-15(11-9-13)21-17(12-20)18-14(2)22-23(19(18)24)16-6-4-3-5-7-16/h3-11,22H,1-2H3. The molecule has 0 spiro atoms. The highest BCUT2D eigenvalue weighted by atomic mass is 16.1. The number of nitriles is 1. The van der Waals surface area contributed by atoms with Crippen LogP contribution >= 0.6 is 0 Å². The second-order valence-electron chi connectivity index (χ2n) is 5.50. The van der Waals surface area contributed by atoms with Gasteiger partial charge in [-0.2, -0.15) is 5.26 Å². The molecule has 0 amide bonds. The molecular weight excluding hydrogens is 300 g/mol. The number of nitrogens with one attached hydrogen (secondary N) is 1. The van der Waals surface area contributed by atoms with Gasteiger partial charge in [0.15, 0.2) is 5.71 Å². The number of hydrogen-bond acceptors (Lipinski definition) is 3. The first kappa shape index (κ1) is 15.5. The number of nitrogens with zero attached hydrogens (tertiary/aromatic N) is 3. The molecular formula is C19H16N4O. The predicted octanol–water partition coefficient (Wildman–Crippen LogP) is 3.43. The van der Waals surface area contributed by atoms with Gasteiger partial charge >= 0.3 is 0 Å². The fourth-order valence-electron chi connectivity index (χ4n) is 2.47. The van der Waals surface area contributed by atoms with E-state index in [9.17, 15) is 10.1 Å². The lowest BCUT2D eigenvalue weighted by Gasteiger charge is -1.99. The first-order chi connectivity index (χ1) is 11.6. The summed E-state index contributed by atoms with van der Waals surface area (Å²) in [6, 6.07) is 18.8. The van der Waals surface area contributed by atoms with Crippen LogP contribution in [0, 0.1) is 25.2 Å². The van der Waals surface area contributed by atoms with Gasteiger partial charge in [-0.1, -0.05) is 35.9 Å². The Bertz CT molecular complexity index is 987. The molecule has 0 radical (unpaired) electrons. The first-order valence-corrected chi connectivity index (χ1v) is 7.53. The summed E-state index contributed by atoms with van der Waals surface area (Å²) in [6.07, 6.45) is 0. The van der Waals surface area contributed by atoms with Crippen molar-refractivity contribution < 1.29 is 0 Å². The molecule has 0 fully saturated rings. The summed E-state index contributed by atoms with van der Waals surface area (Å²) < 4.78 is 1.42. The molecule has 0 atom stereocenters. The number of H-pyrrole nitrogens is 1. The van der Waals surface area contributed by atoms with Crippen molar-refractivity contribution in [3.8, 4) is 11.8 Å². The average Bonchev–Trinajstić information content (AvgIpc) is 2.90. The van der Waals surface area contributed by atoms with E-state index in [0.29, 0.717) is 22.6 Å². The van der Waals surface area contributed by atoms with Crippen molar-refractivity contribution in [3.63, 3.8) is 0 Å². The molecule has 0 aliphatic rings. The van der Waals surface area contributed by atoms with Gasteiger partial charge in [0.2, 0.25) is 0 Å². The molecule has 0 saturated carbocycles. The quantitative estimate of drug-likeness (QED) is 0.752. The van der Waals surface area contributed by atoms with Crippen LogP contribution in [0.4, 0.5) is 5.69 Å². The van der Waals surface area contributed by atoms with E-state index in [0.717, 1.165) is 5.56 Å². The molecule has 118 valence electrons. The van der Waals surface area contributed by atoms with Crippen molar-refractivity contribution in [2.24, 2.45) is 4.99 Å². The van der Waals surface area contributed by atoms with Gasteiger partial charge in [0.1, 0.15) is 6.07 Å². The van der Waals surface area contributed by atoms with Crippen LogP contribution in [0.15, 0.2) is 64.4 Å². The topological polar surface area (TPSA) is 73.9 Å². The van der Waals surface area contributed by atoms with Crippen molar-refractivity contribution >= 4 is 11.4 Å². The Hall–Kier alpha value is -3.39. The SMILES string of the molecule is Cc1ccc(N=C(C#N)c2c(C)[nH]n(-c3ccccc3)c2=O)cc1. The minimum absolute atomic E-state index is 0.104. The van der Waals surface area contributed by atoms with E-state index in [-0.39, 0.29) is 11.3 Å². The number of benzene rings is 2. The second-order valence-corrected chi connectivity index (χ2v) is 5.50. The smallest absolute Gasteiger partial charge is 0.281 e. The zero-order chi connectivity index (χ0) is 17.1. The van der Waals surface area contributed by atoms with E-state index >= 15 is 0 Å². The molecule has 1 heterocycles. The van der Waals surface area contributed by atoms with Gasteiger partial charge in [0, 0.05) is 5.69 Å². The van der Waals surface area contributed by atoms with Crippen molar-refractivity contribution in [2.75, 3.05) is 0 Å². The zero-order valence-corrected chi connectivity index (χ0v) is 13.4. The molecule has 1 aromatic heterocycles. The van der Waals surface area contributed by atoms with Gasteiger partial charge in [-0.25, -0.2) is 9.67 Å². The van der Waals surface area contributed by atoms with Crippen LogP contribution in [0.1, 0.15) is 16.8 Å². The van der Waals surface area contributed by atoms with Crippen molar-refractivity contribution in [2.45, 2.75) is 13.8 Å². The Morgan fingerprint density at radius 1 is 1.08 bits per heavy atom. The fraction of sp³-hybridized carbons (Fsp3) is 0.105. The van der Waals surface area contributed by atoms with Gasteiger partial charge in [0.05, 0.1) is 16.9 Å². The summed E-state index contributed by atoms with van der Waals surface area (Å²) >= 11 is 0. The average molecular weight is 316 g/mol. The molecule has 3 rings (SSSR count). The fourth-order valence-corrected chi connectivity index (χ4v) is 2.47. The monoisotopic (exact) mass is 316 g/mol. The molecule has 5 nitrogen and oxygen atoms in total. The molecule has 0 unspecified atom stereocenters. The van der Waals surface area contributed by atoms with Crippen molar-refractivity contribution in [3.05, 3.63) is 81.8 Å². The molecule has 5 heteroatoms. The lowest BCUT2D eigenvalue weighted by atomic mass is 10.1. The van der Waals surface area contributed by atoms with Crippen LogP contribution in [0.5, 0.6) is 0 Å². The second kappa shape index (κ2) is 6.39. The number of aryl methyl sites for hydroxylation is 2. The summed E-state index contributed by atoms with van der Waals surface area (Å²) in [5, 5.41) is 12.5. The highest BCUT2D eigenvalue weighted by molar-refractivity contribution is 6.13. The van der Waals surface area contributed by atoms with Crippen LogP contribution < -0.4 is 5.56 Å². The Kier molecular flexibility index (Phi) is 4.13. The first-order valence-electron chi connectivity index (χ1n) is 7.53. The van der Waals surface area contributed by atoms with E-state index in [1.54, 1.807) is 6.92 Å². The molecule has 2 aromatic carbocycles. The third-order valence-electron chi connectivity index (χ3n) is 3.70. The van der Waals surface area contributed by atoms with Crippen LogP contribution in [0.25, 0.3) is 5.69 Å². The normalized spacial score (nSPS) is 11.3. The van der Waals surface area contributed by atoms with E-state index in [1.807, 2.05) is 67.6 Å². The largest absolute Gasteiger partial charge is 0.295 e. The maximum absolute atomic E-state index is 12.7. The molecule has 1 N–H and O–H groups in total. The number of para-hydroxylation sites is 1. The third kappa shape index (κ3) is 2.90.